The van der Waals surface area contributed by atoms with Gasteiger partial charge >= 0.3 is 18.7 Å². The second-order valence-corrected chi connectivity index (χ2v) is 6.24. The van der Waals surface area contributed by atoms with Gasteiger partial charge in [0.1, 0.15) is 5.82 Å². The Morgan fingerprint density at radius 1 is 1.19 bits per heavy atom. The van der Waals surface area contributed by atoms with E-state index in [-0.39, 0.29) is 30.3 Å². The van der Waals surface area contributed by atoms with Crippen molar-refractivity contribution in [3.8, 4) is 0 Å². The third-order valence-corrected chi connectivity index (χ3v) is 3.58. The molecule has 1 aromatic heterocycles. The molecular weight excluding hydrogens is 304 g/mol. The molecule has 0 aliphatic rings. The summed E-state index contributed by atoms with van der Waals surface area (Å²) in [5.74, 6) is -0.600. The van der Waals surface area contributed by atoms with E-state index >= 15 is 0 Å². The number of aromatic amines is 2. The van der Waals surface area contributed by atoms with E-state index in [0.717, 1.165) is 6.07 Å². The molecule has 2 aromatic rings. The Bertz CT molecular complexity index is 825. The number of nitrogens with one attached hydrogen (secondary N) is 3. The Hall–Kier alpha value is -1.80. The van der Waals surface area contributed by atoms with E-state index in [0.29, 0.717) is 5.56 Å². The molecule has 0 saturated carbocycles. The highest BCUT2D eigenvalue weighted by molar-refractivity contribution is 7.51. The third kappa shape index (κ3) is 4.08. The minimum Gasteiger partial charge on any atom is -0.324 e. The van der Waals surface area contributed by atoms with Crippen molar-refractivity contribution >= 4 is 18.6 Å². The zero-order valence-electron chi connectivity index (χ0n) is 10.7. The van der Waals surface area contributed by atoms with Gasteiger partial charge in [-0.05, 0) is 17.7 Å². The molecule has 0 saturated heterocycles. The van der Waals surface area contributed by atoms with Crippen LogP contribution in [0.5, 0.6) is 0 Å². The monoisotopic (exact) mass is 317 g/mol. The number of fused-ring (bicyclic) bond motifs is 1. The van der Waals surface area contributed by atoms with Crippen LogP contribution in [0, 0.1) is 5.82 Å². The second kappa shape index (κ2) is 5.90. The van der Waals surface area contributed by atoms with Crippen molar-refractivity contribution in [3.05, 3.63) is 44.2 Å². The second-order valence-electron chi connectivity index (χ2n) is 4.46. The first-order valence-corrected chi connectivity index (χ1v) is 7.76. The van der Waals surface area contributed by atoms with Gasteiger partial charge in [-0.3, -0.25) is 14.2 Å². The molecule has 114 valence electrons. The first kappa shape index (κ1) is 15.6. The lowest BCUT2D eigenvalue weighted by Crippen LogP contribution is -2.29. The summed E-state index contributed by atoms with van der Waals surface area (Å²) in [7, 11) is -4.10. The highest BCUT2D eigenvalue weighted by Gasteiger charge is 2.12. The first-order chi connectivity index (χ1) is 9.76. The number of benzene rings is 1. The van der Waals surface area contributed by atoms with Crippen LogP contribution in [0.2, 0.25) is 0 Å². The molecule has 2 rings (SSSR count). The molecule has 0 fully saturated rings. The summed E-state index contributed by atoms with van der Waals surface area (Å²) in [6, 6.07) is 2.24. The molecule has 0 radical (unpaired) electrons. The normalized spacial score (nSPS) is 12.0. The summed E-state index contributed by atoms with van der Waals surface area (Å²) >= 11 is 0. The van der Waals surface area contributed by atoms with E-state index in [1.165, 1.54) is 6.07 Å². The molecule has 8 nitrogen and oxygen atoms in total. The summed E-state index contributed by atoms with van der Waals surface area (Å²) in [4.78, 5) is 44.6. The average molecular weight is 317 g/mol. The lowest BCUT2D eigenvalue weighted by Gasteiger charge is -2.09. The Morgan fingerprint density at radius 2 is 1.86 bits per heavy atom. The largest absolute Gasteiger partial charge is 0.326 e. The van der Waals surface area contributed by atoms with Crippen molar-refractivity contribution in [1.82, 2.24) is 15.3 Å². The van der Waals surface area contributed by atoms with Gasteiger partial charge < -0.3 is 25.1 Å². The fraction of sp³-hybridized carbons (Fsp3) is 0.273. The lowest BCUT2D eigenvalue weighted by atomic mass is 10.1. The number of aromatic nitrogens is 2. The van der Waals surface area contributed by atoms with E-state index in [1.54, 1.807) is 0 Å². The van der Waals surface area contributed by atoms with Gasteiger partial charge in [-0.15, -0.1) is 0 Å². The van der Waals surface area contributed by atoms with Crippen LogP contribution in [0.4, 0.5) is 4.39 Å². The lowest BCUT2D eigenvalue weighted by molar-refractivity contribution is 0.372. The predicted octanol–water partition coefficient (Wildman–Crippen LogP) is -0.377. The van der Waals surface area contributed by atoms with Crippen LogP contribution in [-0.4, -0.2) is 32.5 Å². The molecule has 0 amide bonds. The van der Waals surface area contributed by atoms with Gasteiger partial charge in [0.05, 0.1) is 17.2 Å². The van der Waals surface area contributed by atoms with Crippen molar-refractivity contribution in [2.45, 2.75) is 6.54 Å². The molecule has 1 heterocycles. The van der Waals surface area contributed by atoms with E-state index in [4.69, 9.17) is 9.79 Å². The molecule has 0 aliphatic heterocycles. The maximum atomic E-state index is 13.5. The summed E-state index contributed by atoms with van der Waals surface area (Å²) in [6.07, 6.45) is -0.354. The zero-order chi connectivity index (χ0) is 15.6. The molecule has 10 heteroatoms. The molecular formula is C11H13FN3O5P. The van der Waals surface area contributed by atoms with Crippen LogP contribution in [0.25, 0.3) is 11.0 Å². The van der Waals surface area contributed by atoms with Crippen LogP contribution < -0.4 is 16.4 Å². The van der Waals surface area contributed by atoms with Crippen molar-refractivity contribution in [2.75, 3.05) is 12.7 Å². The number of rotatable bonds is 5. The average Bonchev–Trinajstić information content (AvgIpc) is 2.35. The van der Waals surface area contributed by atoms with Crippen LogP contribution in [0.1, 0.15) is 5.56 Å². The summed E-state index contributed by atoms with van der Waals surface area (Å²) < 4.78 is 24.2. The SMILES string of the molecule is O=c1[nH]c2cc(F)cc(CNCCP(=O)(O)O)c2[nH]c1=O. The van der Waals surface area contributed by atoms with Gasteiger partial charge in [-0.2, -0.15) is 0 Å². The first-order valence-electron chi connectivity index (χ1n) is 5.96. The minimum absolute atomic E-state index is 0.0237. The van der Waals surface area contributed by atoms with E-state index in [2.05, 4.69) is 15.3 Å². The van der Waals surface area contributed by atoms with Gasteiger partial charge in [0, 0.05) is 13.1 Å². The van der Waals surface area contributed by atoms with Gasteiger partial charge in [0.25, 0.3) is 0 Å². The predicted molar refractivity (Wildman–Crippen MR) is 73.8 cm³/mol. The van der Waals surface area contributed by atoms with Crippen LogP contribution in [-0.2, 0) is 11.1 Å². The Morgan fingerprint density at radius 3 is 2.52 bits per heavy atom. The highest BCUT2D eigenvalue weighted by atomic mass is 31.2. The zero-order valence-corrected chi connectivity index (χ0v) is 11.6. The maximum Gasteiger partial charge on any atom is 0.326 e. The van der Waals surface area contributed by atoms with Gasteiger partial charge in [-0.1, -0.05) is 0 Å². The van der Waals surface area contributed by atoms with Crippen LogP contribution in [0.3, 0.4) is 0 Å². The van der Waals surface area contributed by atoms with Crippen molar-refractivity contribution in [2.24, 2.45) is 0 Å². The quantitative estimate of drug-likeness (QED) is 0.290. The van der Waals surface area contributed by atoms with Gasteiger partial charge in [0.2, 0.25) is 0 Å². The Balaban J connectivity index is 2.27. The van der Waals surface area contributed by atoms with Gasteiger partial charge in [-0.25, -0.2) is 4.39 Å². The number of hydrogen-bond donors (Lipinski definition) is 5. The summed E-state index contributed by atoms with van der Waals surface area (Å²) in [5, 5.41) is 2.74. The fourth-order valence-corrected chi connectivity index (χ4v) is 2.30. The highest BCUT2D eigenvalue weighted by Crippen LogP contribution is 2.32. The Kier molecular flexibility index (Phi) is 4.38. The fourth-order valence-electron chi connectivity index (χ4n) is 1.85. The summed E-state index contributed by atoms with van der Waals surface area (Å²) in [6.45, 7) is 0.103. The van der Waals surface area contributed by atoms with E-state index in [9.17, 15) is 18.5 Å². The smallest absolute Gasteiger partial charge is 0.324 e. The topological polar surface area (TPSA) is 135 Å². The summed E-state index contributed by atoms with van der Waals surface area (Å²) in [5.41, 5.74) is -0.959. The minimum atomic E-state index is -4.10. The molecule has 0 atom stereocenters. The molecule has 21 heavy (non-hydrogen) atoms. The van der Waals surface area contributed by atoms with Crippen molar-refractivity contribution in [1.29, 1.82) is 0 Å². The third-order valence-electron chi connectivity index (χ3n) is 2.77. The van der Waals surface area contributed by atoms with E-state index in [1.807, 2.05) is 0 Å². The number of H-pyrrole nitrogens is 2. The number of hydrogen-bond acceptors (Lipinski definition) is 4. The molecule has 0 aliphatic carbocycles. The van der Waals surface area contributed by atoms with Crippen LogP contribution in [0.15, 0.2) is 21.7 Å². The molecule has 5 N–H and O–H groups in total. The maximum absolute atomic E-state index is 13.5. The Labute approximate surface area is 117 Å². The van der Waals surface area contributed by atoms with Crippen molar-refractivity contribution in [3.63, 3.8) is 0 Å². The van der Waals surface area contributed by atoms with E-state index < -0.39 is 24.5 Å². The van der Waals surface area contributed by atoms with Crippen LogP contribution >= 0.6 is 7.60 Å². The standard InChI is InChI=1S/C11H13FN3O5P/c12-7-3-6(5-13-1-2-21(18,19)20)9-8(4-7)14-10(16)11(17)15-9/h3-4,13H,1-2,5H2,(H,14,16)(H,15,17)(H2,18,19,20). The molecule has 0 unspecified atom stereocenters. The molecule has 1 aromatic carbocycles. The molecule has 0 bridgehead atoms. The molecule has 0 spiro atoms. The van der Waals surface area contributed by atoms with Crippen molar-refractivity contribution < 1.29 is 18.7 Å². The number of halogens is 1. The van der Waals surface area contributed by atoms with Gasteiger partial charge in [0.15, 0.2) is 0 Å².